The highest BCUT2D eigenvalue weighted by atomic mass is 127. The van der Waals surface area contributed by atoms with Crippen LogP contribution in [-0.2, 0) is 6.54 Å². The smallest absolute Gasteiger partial charge is 0.192 e. The van der Waals surface area contributed by atoms with Crippen LogP contribution in [0.25, 0.3) is 11.0 Å². The Labute approximate surface area is 94.0 Å². The van der Waals surface area contributed by atoms with Gasteiger partial charge in [0, 0.05) is 9.64 Å². The lowest BCUT2D eigenvalue weighted by Crippen LogP contribution is -2.05. The fraction of sp³-hybridized carbons (Fsp3) is 0.100. The zero-order valence-corrected chi connectivity index (χ0v) is 9.45. The lowest BCUT2D eigenvalue weighted by Gasteiger charge is -2.00. The number of halogens is 1. The molecule has 0 aliphatic carbocycles. The van der Waals surface area contributed by atoms with Crippen molar-refractivity contribution in [3.63, 3.8) is 0 Å². The molecule has 2 aromatic rings. The molecule has 0 aliphatic rings. The van der Waals surface area contributed by atoms with E-state index in [2.05, 4.69) is 22.6 Å². The van der Waals surface area contributed by atoms with Crippen LogP contribution in [0.2, 0.25) is 0 Å². The van der Waals surface area contributed by atoms with E-state index in [1.165, 1.54) is 6.07 Å². The van der Waals surface area contributed by atoms with E-state index in [0.29, 0.717) is 16.7 Å². The van der Waals surface area contributed by atoms with Gasteiger partial charge in [-0.3, -0.25) is 4.79 Å². The molecule has 1 heterocycles. The summed E-state index contributed by atoms with van der Waals surface area (Å²) in [6.45, 7) is 0.247. The second-order valence-corrected chi connectivity index (χ2v) is 4.17. The van der Waals surface area contributed by atoms with Gasteiger partial charge in [-0.15, -0.1) is 0 Å². The summed E-state index contributed by atoms with van der Waals surface area (Å²) in [5.74, 6) is 0.518. The van der Waals surface area contributed by atoms with Crippen molar-refractivity contribution in [2.45, 2.75) is 6.54 Å². The van der Waals surface area contributed by atoms with Crippen molar-refractivity contribution >= 4 is 33.6 Å². The Morgan fingerprint density at radius 3 is 2.86 bits per heavy atom. The average Bonchev–Trinajstić information content (AvgIpc) is 2.16. The van der Waals surface area contributed by atoms with Gasteiger partial charge in [-0.2, -0.15) is 0 Å². The van der Waals surface area contributed by atoms with E-state index < -0.39 is 0 Å². The number of rotatable bonds is 1. The Kier molecular flexibility index (Phi) is 2.56. The maximum absolute atomic E-state index is 11.6. The molecule has 0 radical (unpaired) electrons. The number of hydrogen-bond acceptors (Lipinski definition) is 3. The molecular formula is C10H8INO2. The average molecular weight is 301 g/mol. The lowest BCUT2D eigenvalue weighted by atomic mass is 10.2. The predicted molar refractivity (Wildman–Crippen MR) is 63.1 cm³/mol. The Balaban J connectivity index is 2.84. The lowest BCUT2D eigenvalue weighted by molar-refractivity contribution is 0.539. The van der Waals surface area contributed by atoms with Gasteiger partial charge in [0.25, 0.3) is 0 Å². The minimum absolute atomic E-state index is 0.0388. The summed E-state index contributed by atoms with van der Waals surface area (Å²) in [7, 11) is 0. The van der Waals surface area contributed by atoms with Crippen LogP contribution in [-0.4, -0.2) is 0 Å². The van der Waals surface area contributed by atoms with Crippen LogP contribution >= 0.6 is 22.6 Å². The molecule has 1 aromatic carbocycles. The highest BCUT2D eigenvalue weighted by Crippen LogP contribution is 2.15. The van der Waals surface area contributed by atoms with Crippen molar-refractivity contribution in [1.29, 1.82) is 0 Å². The summed E-state index contributed by atoms with van der Waals surface area (Å²) in [5.41, 5.74) is 5.98. The fourth-order valence-corrected chi connectivity index (χ4v) is 1.74. The molecule has 3 nitrogen and oxygen atoms in total. The summed E-state index contributed by atoms with van der Waals surface area (Å²) in [6, 6.07) is 6.91. The summed E-state index contributed by atoms with van der Waals surface area (Å²) in [5, 5.41) is 0.600. The van der Waals surface area contributed by atoms with Gasteiger partial charge >= 0.3 is 0 Å². The third-order valence-corrected chi connectivity index (χ3v) is 2.61. The zero-order chi connectivity index (χ0) is 10.1. The van der Waals surface area contributed by atoms with E-state index in [1.54, 1.807) is 6.07 Å². The van der Waals surface area contributed by atoms with E-state index in [-0.39, 0.29) is 12.0 Å². The minimum Gasteiger partial charge on any atom is -0.459 e. The normalized spacial score (nSPS) is 10.7. The van der Waals surface area contributed by atoms with Crippen molar-refractivity contribution in [1.82, 2.24) is 0 Å². The van der Waals surface area contributed by atoms with Crippen LogP contribution in [0.1, 0.15) is 5.76 Å². The molecule has 72 valence electrons. The standard InChI is InChI=1S/C10H8INO2/c11-6-1-2-8-9(13)4-7(5-12)14-10(8)3-6/h1-4H,5,12H2. The molecule has 0 bridgehead atoms. The van der Waals surface area contributed by atoms with Gasteiger partial charge in [0.15, 0.2) is 5.43 Å². The van der Waals surface area contributed by atoms with Crippen molar-refractivity contribution in [3.8, 4) is 0 Å². The van der Waals surface area contributed by atoms with E-state index in [9.17, 15) is 4.79 Å². The van der Waals surface area contributed by atoms with Gasteiger partial charge in [-0.05, 0) is 40.8 Å². The highest BCUT2D eigenvalue weighted by molar-refractivity contribution is 14.1. The van der Waals surface area contributed by atoms with Crippen molar-refractivity contribution in [2.24, 2.45) is 5.73 Å². The first kappa shape index (κ1) is 9.67. The van der Waals surface area contributed by atoms with Crippen molar-refractivity contribution in [3.05, 3.63) is 43.8 Å². The Morgan fingerprint density at radius 2 is 2.14 bits per heavy atom. The maximum atomic E-state index is 11.6. The maximum Gasteiger partial charge on any atom is 0.192 e. The Morgan fingerprint density at radius 1 is 1.36 bits per heavy atom. The second kappa shape index (κ2) is 3.70. The van der Waals surface area contributed by atoms with Gasteiger partial charge in [0.1, 0.15) is 11.3 Å². The first-order chi connectivity index (χ1) is 6.70. The topological polar surface area (TPSA) is 56.2 Å². The molecule has 0 saturated heterocycles. The summed E-state index contributed by atoms with van der Waals surface area (Å²) < 4.78 is 6.48. The monoisotopic (exact) mass is 301 g/mol. The largest absolute Gasteiger partial charge is 0.459 e. The molecule has 0 fully saturated rings. The van der Waals surface area contributed by atoms with Gasteiger partial charge in [0.05, 0.1) is 11.9 Å². The fourth-order valence-electron chi connectivity index (χ4n) is 1.28. The molecule has 0 amide bonds. The van der Waals surface area contributed by atoms with Gasteiger partial charge in [-0.25, -0.2) is 0 Å². The SMILES string of the molecule is NCc1cc(=O)c2ccc(I)cc2o1. The number of nitrogens with two attached hydrogens (primary N) is 1. The minimum atomic E-state index is -0.0388. The predicted octanol–water partition coefficient (Wildman–Crippen LogP) is 1.86. The summed E-state index contributed by atoms with van der Waals surface area (Å²) >= 11 is 2.17. The molecular weight excluding hydrogens is 293 g/mol. The number of fused-ring (bicyclic) bond motifs is 1. The molecule has 0 saturated carbocycles. The highest BCUT2D eigenvalue weighted by Gasteiger charge is 2.03. The Bertz CT molecular complexity index is 533. The Hall–Kier alpha value is -0.880. The molecule has 2 N–H and O–H groups in total. The van der Waals surface area contributed by atoms with Crippen molar-refractivity contribution in [2.75, 3.05) is 0 Å². The zero-order valence-electron chi connectivity index (χ0n) is 7.29. The van der Waals surface area contributed by atoms with Crippen LogP contribution < -0.4 is 11.2 Å². The number of hydrogen-bond donors (Lipinski definition) is 1. The molecule has 0 atom stereocenters. The second-order valence-electron chi connectivity index (χ2n) is 2.92. The molecule has 0 aliphatic heterocycles. The van der Waals surface area contributed by atoms with Crippen LogP contribution in [0.5, 0.6) is 0 Å². The molecule has 0 unspecified atom stereocenters. The molecule has 0 spiro atoms. The van der Waals surface area contributed by atoms with Gasteiger partial charge in [-0.1, -0.05) is 0 Å². The first-order valence-electron chi connectivity index (χ1n) is 4.13. The van der Waals surface area contributed by atoms with E-state index >= 15 is 0 Å². The number of benzene rings is 1. The van der Waals surface area contributed by atoms with Crippen LogP contribution in [0.15, 0.2) is 33.5 Å². The third kappa shape index (κ3) is 1.67. The third-order valence-electron chi connectivity index (χ3n) is 1.94. The van der Waals surface area contributed by atoms with Crippen LogP contribution in [0.4, 0.5) is 0 Å². The van der Waals surface area contributed by atoms with Gasteiger partial charge < -0.3 is 10.2 Å². The first-order valence-corrected chi connectivity index (χ1v) is 5.21. The summed E-state index contributed by atoms with van der Waals surface area (Å²) in [4.78, 5) is 11.6. The quantitative estimate of drug-likeness (QED) is 0.818. The van der Waals surface area contributed by atoms with E-state index in [4.69, 9.17) is 10.2 Å². The van der Waals surface area contributed by atoms with Crippen LogP contribution in [0.3, 0.4) is 0 Å². The van der Waals surface area contributed by atoms with Crippen LogP contribution in [0, 0.1) is 3.57 Å². The van der Waals surface area contributed by atoms with E-state index in [0.717, 1.165) is 3.57 Å². The summed E-state index contributed by atoms with van der Waals surface area (Å²) in [6.07, 6.45) is 0. The molecule has 4 heteroatoms. The molecule has 2 rings (SSSR count). The van der Waals surface area contributed by atoms with E-state index in [1.807, 2.05) is 12.1 Å². The van der Waals surface area contributed by atoms with Gasteiger partial charge in [0.2, 0.25) is 0 Å². The molecule has 14 heavy (non-hydrogen) atoms. The molecule has 1 aromatic heterocycles. The van der Waals surface area contributed by atoms with Crippen molar-refractivity contribution < 1.29 is 4.42 Å².